The highest BCUT2D eigenvalue weighted by molar-refractivity contribution is 5.90. The summed E-state index contributed by atoms with van der Waals surface area (Å²) in [6.07, 6.45) is 1.28. The molecule has 7 nitrogen and oxygen atoms in total. The van der Waals surface area contributed by atoms with Crippen LogP contribution in [0.25, 0.3) is 0 Å². The van der Waals surface area contributed by atoms with Gasteiger partial charge in [-0.25, -0.2) is 4.98 Å². The number of ether oxygens (including phenoxy) is 1. The van der Waals surface area contributed by atoms with E-state index in [1.807, 2.05) is 0 Å². The first-order valence-corrected chi connectivity index (χ1v) is 4.63. The maximum atomic E-state index is 11.7. The predicted octanol–water partition coefficient (Wildman–Crippen LogP) is -1.22. The molecule has 1 aliphatic rings. The molecule has 0 spiro atoms. The number of aromatic nitrogens is 2. The van der Waals surface area contributed by atoms with Gasteiger partial charge in [-0.05, 0) is 0 Å². The third-order valence-electron chi connectivity index (χ3n) is 2.28. The number of amides is 1. The lowest BCUT2D eigenvalue weighted by Crippen LogP contribution is -2.35. The second kappa shape index (κ2) is 4.03. The lowest BCUT2D eigenvalue weighted by Gasteiger charge is -2.16. The first-order valence-electron chi connectivity index (χ1n) is 4.63. The standard InChI is InChI=1S/C9H10N3O4/c10-7(14)6-8(15)12(3-2-11-6)9-5(13)1-4-16-9/h2-5,9,13H,1H2,(H2,10,14)/t5-,9-/m1/s1. The number of carbonyl (C=O) groups is 1. The van der Waals surface area contributed by atoms with E-state index in [4.69, 9.17) is 10.5 Å². The van der Waals surface area contributed by atoms with E-state index in [0.29, 0.717) is 6.42 Å². The summed E-state index contributed by atoms with van der Waals surface area (Å²) in [6, 6.07) is 0. The quantitative estimate of drug-likeness (QED) is 0.655. The molecule has 0 aromatic carbocycles. The maximum Gasteiger partial charge on any atom is 0.284 e. The van der Waals surface area contributed by atoms with E-state index in [9.17, 15) is 14.7 Å². The van der Waals surface area contributed by atoms with Gasteiger partial charge in [0.15, 0.2) is 11.9 Å². The minimum absolute atomic E-state index is 0.325. The molecular weight excluding hydrogens is 214 g/mol. The molecular formula is C9H10N3O4. The highest BCUT2D eigenvalue weighted by Crippen LogP contribution is 2.24. The minimum atomic E-state index is -0.907. The number of nitrogens with two attached hydrogens (primary N) is 1. The molecule has 1 aromatic heterocycles. The van der Waals surface area contributed by atoms with Crippen molar-refractivity contribution < 1.29 is 14.6 Å². The number of nitrogens with zero attached hydrogens (tertiary/aromatic N) is 2. The van der Waals surface area contributed by atoms with Crippen LogP contribution in [0, 0.1) is 6.61 Å². The van der Waals surface area contributed by atoms with Crippen molar-refractivity contribution in [2.75, 3.05) is 0 Å². The summed E-state index contributed by atoms with van der Waals surface area (Å²) in [4.78, 5) is 26.2. The minimum Gasteiger partial charge on any atom is -0.388 e. The molecule has 1 amide bonds. The lowest BCUT2D eigenvalue weighted by atomic mass is 10.2. The zero-order chi connectivity index (χ0) is 11.7. The van der Waals surface area contributed by atoms with Gasteiger partial charge < -0.3 is 15.6 Å². The fraction of sp³-hybridized carbons (Fsp3) is 0.333. The Morgan fingerprint density at radius 2 is 2.44 bits per heavy atom. The Morgan fingerprint density at radius 3 is 3.00 bits per heavy atom. The molecule has 2 atom stereocenters. The molecule has 7 heteroatoms. The summed E-state index contributed by atoms with van der Waals surface area (Å²) in [6.45, 7) is 1.41. The van der Waals surface area contributed by atoms with Crippen LogP contribution in [0.5, 0.6) is 0 Å². The van der Waals surface area contributed by atoms with Crippen LogP contribution < -0.4 is 11.3 Å². The first kappa shape index (κ1) is 10.8. The summed E-state index contributed by atoms with van der Waals surface area (Å²) in [5.74, 6) is -0.907. The smallest absolute Gasteiger partial charge is 0.284 e. The first-order chi connectivity index (χ1) is 7.61. The van der Waals surface area contributed by atoms with Crippen molar-refractivity contribution >= 4 is 5.91 Å². The molecule has 2 rings (SSSR count). The molecule has 85 valence electrons. The van der Waals surface area contributed by atoms with Crippen LogP contribution in [-0.2, 0) is 4.74 Å². The van der Waals surface area contributed by atoms with Gasteiger partial charge in [0, 0.05) is 18.8 Å². The van der Waals surface area contributed by atoms with Crippen LogP contribution in [0.2, 0.25) is 0 Å². The largest absolute Gasteiger partial charge is 0.388 e. The topological polar surface area (TPSA) is 107 Å². The van der Waals surface area contributed by atoms with Gasteiger partial charge in [-0.15, -0.1) is 0 Å². The fourth-order valence-electron chi connectivity index (χ4n) is 1.51. The summed E-state index contributed by atoms with van der Waals surface area (Å²) >= 11 is 0. The van der Waals surface area contributed by atoms with Crippen LogP contribution in [0.15, 0.2) is 17.2 Å². The maximum absolute atomic E-state index is 11.7. The SMILES string of the molecule is NC(=O)c1nccn([C@@H]2O[CH]C[C@H]2O)c1=O. The summed E-state index contributed by atoms with van der Waals surface area (Å²) in [5, 5.41) is 9.54. The van der Waals surface area contributed by atoms with Crippen molar-refractivity contribution in [2.45, 2.75) is 18.8 Å². The van der Waals surface area contributed by atoms with Crippen molar-refractivity contribution in [3.63, 3.8) is 0 Å². The van der Waals surface area contributed by atoms with Gasteiger partial charge in [-0.2, -0.15) is 0 Å². The van der Waals surface area contributed by atoms with Crippen molar-refractivity contribution in [3.05, 3.63) is 35.0 Å². The number of carbonyl (C=O) groups excluding carboxylic acids is 1. The van der Waals surface area contributed by atoms with E-state index in [0.717, 1.165) is 4.57 Å². The molecule has 1 fully saturated rings. The Kier molecular flexibility index (Phi) is 2.71. The Balaban J connectivity index is 2.46. The number of primary amides is 1. The molecule has 16 heavy (non-hydrogen) atoms. The number of aliphatic hydroxyl groups is 1. The zero-order valence-corrected chi connectivity index (χ0v) is 8.24. The zero-order valence-electron chi connectivity index (χ0n) is 8.24. The molecule has 0 unspecified atom stereocenters. The Bertz CT molecular complexity index is 470. The Labute approximate surface area is 90.5 Å². The van der Waals surface area contributed by atoms with E-state index in [1.165, 1.54) is 19.0 Å². The summed E-state index contributed by atoms with van der Waals surface area (Å²) in [7, 11) is 0. The summed E-state index contributed by atoms with van der Waals surface area (Å²) in [5.41, 5.74) is 3.95. The van der Waals surface area contributed by atoms with Crippen LogP contribution in [-0.4, -0.2) is 26.7 Å². The van der Waals surface area contributed by atoms with Crippen molar-refractivity contribution in [1.29, 1.82) is 0 Å². The molecule has 1 aliphatic heterocycles. The summed E-state index contributed by atoms with van der Waals surface area (Å²) < 4.78 is 6.17. The van der Waals surface area contributed by atoms with Crippen molar-refractivity contribution in [1.82, 2.24) is 9.55 Å². The molecule has 0 saturated carbocycles. The van der Waals surface area contributed by atoms with Gasteiger partial charge in [-0.1, -0.05) is 0 Å². The van der Waals surface area contributed by atoms with Gasteiger partial charge in [0.25, 0.3) is 11.5 Å². The molecule has 0 aliphatic carbocycles. The monoisotopic (exact) mass is 224 g/mol. The number of hydrogen-bond acceptors (Lipinski definition) is 5. The van der Waals surface area contributed by atoms with E-state index in [2.05, 4.69) is 4.98 Å². The highest BCUT2D eigenvalue weighted by atomic mass is 16.5. The van der Waals surface area contributed by atoms with Gasteiger partial charge >= 0.3 is 0 Å². The number of aliphatic hydroxyl groups excluding tert-OH is 1. The number of hydrogen-bond donors (Lipinski definition) is 2. The number of rotatable bonds is 2. The molecule has 1 radical (unpaired) electrons. The Morgan fingerprint density at radius 1 is 1.69 bits per heavy atom. The third kappa shape index (κ3) is 1.70. The van der Waals surface area contributed by atoms with E-state index in [-0.39, 0.29) is 5.69 Å². The molecule has 1 aromatic rings. The van der Waals surface area contributed by atoms with E-state index < -0.39 is 23.8 Å². The highest BCUT2D eigenvalue weighted by Gasteiger charge is 2.29. The van der Waals surface area contributed by atoms with E-state index in [1.54, 1.807) is 0 Å². The van der Waals surface area contributed by atoms with Gasteiger partial charge in [0.1, 0.15) is 6.10 Å². The normalized spacial score (nSPS) is 24.6. The van der Waals surface area contributed by atoms with Gasteiger partial charge in [0.05, 0.1) is 6.61 Å². The van der Waals surface area contributed by atoms with Crippen molar-refractivity contribution in [2.24, 2.45) is 5.73 Å². The average Bonchev–Trinajstić information content (AvgIpc) is 2.64. The molecule has 0 bridgehead atoms. The van der Waals surface area contributed by atoms with Crippen LogP contribution in [0.1, 0.15) is 23.1 Å². The molecule has 2 heterocycles. The van der Waals surface area contributed by atoms with Crippen LogP contribution >= 0.6 is 0 Å². The Hall–Kier alpha value is -1.73. The van der Waals surface area contributed by atoms with Gasteiger partial charge in [-0.3, -0.25) is 14.2 Å². The van der Waals surface area contributed by atoms with Gasteiger partial charge in [0.2, 0.25) is 0 Å². The third-order valence-corrected chi connectivity index (χ3v) is 2.28. The van der Waals surface area contributed by atoms with Crippen molar-refractivity contribution in [3.8, 4) is 0 Å². The van der Waals surface area contributed by atoms with Crippen LogP contribution in [0.4, 0.5) is 0 Å². The van der Waals surface area contributed by atoms with Crippen LogP contribution in [0.3, 0.4) is 0 Å². The molecule has 3 N–H and O–H groups in total. The molecule has 1 saturated heterocycles. The predicted molar refractivity (Wildman–Crippen MR) is 52.1 cm³/mol. The second-order valence-electron chi connectivity index (χ2n) is 3.35. The lowest BCUT2D eigenvalue weighted by molar-refractivity contribution is 0.00348. The fourth-order valence-corrected chi connectivity index (χ4v) is 1.51. The second-order valence-corrected chi connectivity index (χ2v) is 3.35. The van der Waals surface area contributed by atoms with E-state index >= 15 is 0 Å². The average molecular weight is 224 g/mol.